The molecule has 0 unspecified atom stereocenters. The molecule has 0 atom stereocenters. The van der Waals surface area contributed by atoms with Crippen LogP contribution < -0.4 is 0 Å². The van der Waals surface area contributed by atoms with Crippen LogP contribution in [-0.2, 0) is 0 Å². The number of pyridine rings is 1. The van der Waals surface area contributed by atoms with Gasteiger partial charge >= 0.3 is 5.97 Å². The lowest BCUT2D eigenvalue weighted by Crippen LogP contribution is -1.95. The molecular formula is C11H6N2O3S. The first kappa shape index (κ1) is 9.98. The summed E-state index contributed by atoms with van der Waals surface area (Å²) in [5, 5.41) is 11.7. The number of furan rings is 1. The number of carboxylic acids is 1. The van der Waals surface area contributed by atoms with Crippen LogP contribution in [0.1, 0.15) is 10.5 Å². The minimum Gasteiger partial charge on any atom is -0.476 e. The molecule has 17 heavy (non-hydrogen) atoms. The average Bonchev–Trinajstić information content (AvgIpc) is 2.95. The van der Waals surface area contributed by atoms with Crippen molar-refractivity contribution in [3.8, 4) is 10.8 Å². The minimum absolute atomic E-state index is 0.0263. The average molecular weight is 246 g/mol. The SMILES string of the molecule is O=C(O)c1csc(-c2cc3cccnc3o2)n1. The molecule has 3 rings (SSSR count). The van der Waals surface area contributed by atoms with E-state index in [4.69, 9.17) is 9.52 Å². The number of fused-ring (bicyclic) bond motifs is 1. The van der Waals surface area contributed by atoms with Gasteiger partial charge in [0.1, 0.15) is 0 Å². The second-order valence-corrected chi connectivity index (χ2v) is 4.21. The molecule has 0 radical (unpaired) electrons. The highest BCUT2D eigenvalue weighted by Gasteiger charge is 2.13. The zero-order valence-electron chi connectivity index (χ0n) is 8.45. The van der Waals surface area contributed by atoms with E-state index < -0.39 is 5.97 Å². The summed E-state index contributed by atoms with van der Waals surface area (Å²) in [6.07, 6.45) is 1.64. The number of nitrogens with zero attached hydrogens (tertiary/aromatic N) is 2. The first-order chi connectivity index (χ1) is 8.24. The standard InChI is InChI=1S/C11H6N2O3S/c14-11(15)7-5-17-10(13-7)8-4-6-2-1-3-12-9(6)16-8/h1-5H,(H,14,15). The Bertz CT molecular complexity index is 668. The van der Waals surface area contributed by atoms with Crippen LogP contribution in [0.4, 0.5) is 0 Å². The van der Waals surface area contributed by atoms with Crippen molar-refractivity contribution in [3.05, 3.63) is 35.5 Å². The Morgan fingerprint density at radius 3 is 3.06 bits per heavy atom. The quantitative estimate of drug-likeness (QED) is 0.752. The van der Waals surface area contributed by atoms with E-state index in [-0.39, 0.29) is 5.69 Å². The van der Waals surface area contributed by atoms with Gasteiger partial charge in [-0.1, -0.05) is 0 Å². The van der Waals surface area contributed by atoms with Gasteiger partial charge in [0.2, 0.25) is 5.71 Å². The summed E-state index contributed by atoms with van der Waals surface area (Å²) >= 11 is 1.23. The van der Waals surface area contributed by atoms with E-state index in [1.807, 2.05) is 12.1 Å². The third-order valence-electron chi connectivity index (χ3n) is 2.23. The number of hydrogen-bond donors (Lipinski definition) is 1. The summed E-state index contributed by atoms with van der Waals surface area (Å²) < 4.78 is 5.49. The largest absolute Gasteiger partial charge is 0.476 e. The molecule has 5 nitrogen and oxygen atoms in total. The Hall–Kier alpha value is -2.21. The molecule has 0 saturated heterocycles. The van der Waals surface area contributed by atoms with Crippen LogP contribution in [0, 0.1) is 0 Å². The van der Waals surface area contributed by atoms with Gasteiger partial charge in [0.05, 0.1) is 0 Å². The molecule has 3 aromatic heterocycles. The van der Waals surface area contributed by atoms with Gasteiger partial charge in [-0.15, -0.1) is 11.3 Å². The van der Waals surface area contributed by atoms with Gasteiger partial charge in [0, 0.05) is 17.0 Å². The van der Waals surface area contributed by atoms with Crippen LogP contribution in [0.3, 0.4) is 0 Å². The molecule has 0 aliphatic rings. The monoisotopic (exact) mass is 246 g/mol. The maximum absolute atomic E-state index is 10.7. The fourth-order valence-electron chi connectivity index (χ4n) is 1.46. The molecule has 0 aromatic carbocycles. The second-order valence-electron chi connectivity index (χ2n) is 3.35. The predicted molar refractivity (Wildman–Crippen MR) is 62.1 cm³/mol. The van der Waals surface area contributed by atoms with E-state index in [9.17, 15) is 4.79 Å². The van der Waals surface area contributed by atoms with Crippen molar-refractivity contribution in [3.63, 3.8) is 0 Å². The highest BCUT2D eigenvalue weighted by molar-refractivity contribution is 7.13. The number of aromatic carboxylic acids is 1. The normalized spacial score (nSPS) is 10.8. The topological polar surface area (TPSA) is 76.2 Å². The molecule has 6 heteroatoms. The van der Waals surface area contributed by atoms with Crippen molar-refractivity contribution in [1.29, 1.82) is 0 Å². The molecule has 0 aliphatic carbocycles. The van der Waals surface area contributed by atoms with E-state index in [1.165, 1.54) is 16.7 Å². The second kappa shape index (κ2) is 3.67. The molecule has 0 bridgehead atoms. The van der Waals surface area contributed by atoms with Gasteiger partial charge in [-0.05, 0) is 18.2 Å². The Balaban J connectivity index is 2.10. The Morgan fingerprint density at radius 2 is 2.35 bits per heavy atom. The summed E-state index contributed by atoms with van der Waals surface area (Å²) in [4.78, 5) is 18.8. The van der Waals surface area contributed by atoms with Crippen LogP contribution in [0.2, 0.25) is 0 Å². The molecule has 1 N–H and O–H groups in total. The van der Waals surface area contributed by atoms with Gasteiger partial charge in [0.15, 0.2) is 16.5 Å². The fourth-order valence-corrected chi connectivity index (χ4v) is 2.21. The Labute approximate surface area is 99.4 Å². The van der Waals surface area contributed by atoms with Crippen LogP contribution >= 0.6 is 11.3 Å². The summed E-state index contributed by atoms with van der Waals surface area (Å²) in [6, 6.07) is 5.49. The summed E-state index contributed by atoms with van der Waals surface area (Å²) in [5.74, 6) is -0.502. The van der Waals surface area contributed by atoms with Gasteiger partial charge in [0.25, 0.3) is 0 Å². The Kier molecular flexibility index (Phi) is 2.15. The van der Waals surface area contributed by atoms with E-state index in [1.54, 1.807) is 12.3 Å². The molecule has 0 fully saturated rings. The van der Waals surface area contributed by atoms with Crippen molar-refractivity contribution in [1.82, 2.24) is 9.97 Å². The van der Waals surface area contributed by atoms with Gasteiger partial charge < -0.3 is 9.52 Å². The van der Waals surface area contributed by atoms with Crippen molar-refractivity contribution < 1.29 is 14.3 Å². The predicted octanol–water partition coefficient (Wildman–Crippen LogP) is 2.65. The lowest BCUT2D eigenvalue weighted by atomic mass is 10.3. The number of rotatable bonds is 2. The van der Waals surface area contributed by atoms with Crippen LogP contribution in [-0.4, -0.2) is 21.0 Å². The molecule has 0 spiro atoms. The summed E-state index contributed by atoms with van der Waals surface area (Å²) in [7, 11) is 0. The maximum Gasteiger partial charge on any atom is 0.355 e. The number of aromatic nitrogens is 2. The Morgan fingerprint density at radius 1 is 1.47 bits per heavy atom. The van der Waals surface area contributed by atoms with E-state index in [0.29, 0.717) is 16.5 Å². The van der Waals surface area contributed by atoms with E-state index in [0.717, 1.165) is 5.39 Å². The fraction of sp³-hybridized carbons (Fsp3) is 0. The first-order valence-electron chi connectivity index (χ1n) is 4.78. The number of hydrogen-bond acceptors (Lipinski definition) is 5. The smallest absolute Gasteiger partial charge is 0.355 e. The van der Waals surface area contributed by atoms with Crippen LogP contribution in [0.5, 0.6) is 0 Å². The van der Waals surface area contributed by atoms with Crippen molar-refractivity contribution in [2.75, 3.05) is 0 Å². The molecule has 3 heterocycles. The lowest BCUT2D eigenvalue weighted by Gasteiger charge is -1.86. The summed E-state index contributed by atoms with van der Waals surface area (Å²) in [5.41, 5.74) is 0.549. The first-order valence-corrected chi connectivity index (χ1v) is 5.66. The van der Waals surface area contributed by atoms with Gasteiger partial charge in [-0.2, -0.15) is 0 Å². The van der Waals surface area contributed by atoms with Crippen LogP contribution in [0.25, 0.3) is 21.9 Å². The van der Waals surface area contributed by atoms with Gasteiger partial charge in [-0.3, -0.25) is 0 Å². The molecule has 84 valence electrons. The number of carbonyl (C=O) groups is 1. The molecule has 0 saturated carbocycles. The van der Waals surface area contributed by atoms with Crippen LogP contribution in [0.15, 0.2) is 34.2 Å². The minimum atomic E-state index is -1.04. The summed E-state index contributed by atoms with van der Waals surface area (Å²) in [6.45, 7) is 0. The van der Waals surface area contributed by atoms with E-state index in [2.05, 4.69) is 9.97 Å². The highest BCUT2D eigenvalue weighted by Crippen LogP contribution is 2.28. The van der Waals surface area contributed by atoms with Crippen molar-refractivity contribution >= 4 is 28.4 Å². The lowest BCUT2D eigenvalue weighted by molar-refractivity contribution is 0.0691. The molecular weight excluding hydrogens is 240 g/mol. The molecule has 3 aromatic rings. The maximum atomic E-state index is 10.7. The molecule has 0 amide bonds. The zero-order chi connectivity index (χ0) is 11.8. The molecule has 0 aliphatic heterocycles. The third kappa shape index (κ3) is 1.68. The highest BCUT2D eigenvalue weighted by atomic mass is 32.1. The number of carboxylic acid groups (broad SMARTS) is 1. The number of thiazole rings is 1. The van der Waals surface area contributed by atoms with Gasteiger partial charge in [-0.25, -0.2) is 14.8 Å². The van der Waals surface area contributed by atoms with Crippen molar-refractivity contribution in [2.45, 2.75) is 0 Å². The van der Waals surface area contributed by atoms with E-state index >= 15 is 0 Å². The third-order valence-corrected chi connectivity index (χ3v) is 3.08. The van der Waals surface area contributed by atoms with Crippen molar-refractivity contribution in [2.24, 2.45) is 0 Å². The zero-order valence-corrected chi connectivity index (χ0v) is 9.27.